The number of hydrogen-bond donors (Lipinski definition) is 1. The summed E-state index contributed by atoms with van der Waals surface area (Å²) in [5.41, 5.74) is 5.24. The Kier molecular flexibility index (Phi) is 4.55. The van der Waals surface area contributed by atoms with Crippen LogP contribution in [0.25, 0.3) is 27.6 Å². The van der Waals surface area contributed by atoms with Crippen LogP contribution in [0.2, 0.25) is 5.02 Å². The van der Waals surface area contributed by atoms with Gasteiger partial charge in [0.05, 0.1) is 11.2 Å². The second-order valence-corrected chi connectivity index (χ2v) is 7.63. The van der Waals surface area contributed by atoms with Gasteiger partial charge in [-0.15, -0.1) is 11.8 Å². The zero-order chi connectivity index (χ0) is 18.3. The summed E-state index contributed by atoms with van der Waals surface area (Å²) in [6.45, 7) is 0.897. The highest BCUT2D eigenvalue weighted by Gasteiger charge is 2.26. The van der Waals surface area contributed by atoms with Crippen molar-refractivity contribution in [1.29, 1.82) is 0 Å². The van der Waals surface area contributed by atoms with Gasteiger partial charge in [-0.05, 0) is 54.5 Å². The fourth-order valence-electron chi connectivity index (χ4n) is 3.84. The summed E-state index contributed by atoms with van der Waals surface area (Å²) in [5, 5.41) is 11.2. The minimum atomic E-state index is -0.897. The summed E-state index contributed by atoms with van der Waals surface area (Å²) in [7, 11) is 0. The van der Waals surface area contributed by atoms with E-state index >= 15 is 0 Å². The van der Waals surface area contributed by atoms with E-state index in [1.54, 1.807) is 11.8 Å². The minimum Gasteiger partial charge on any atom is -0.478 e. The maximum Gasteiger partial charge on any atom is 0.328 e. The summed E-state index contributed by atoms with van der Waals surface area (Å²) in [4.78, 5) is 12.6. The fourth-order valence-corrected chi connectivity index (χ4v) is 4.59. The maximum atomic E-state index is 11.4. The number of halogens is 1. The van der Waals surface area contributed by atoms with E-state index in [4.69, 9.17) is 11.6 Å². The first kappa shape index (κ1) is 17.3. The molecule has 0 amide bonds. The predicted octanol–water partition coefficient (Wildman–Crippen LogP) is 5.95. The van der Waals surface area contributed by atoms with Crippen molar-refractivity contribution in [2.45, 2.75) is 24.3 Å². The summed E-state index contributed by atoms with van der Waals surface area (Å²) in [5.74, 6) is -0.897. The number of aryl methyl sites for hydroxylation is 1. The number of carbonyl (C=O) groups is 1. The molecule has 0 fully saturated rings. The number of nitrogens with zero attached hydrogens (tertiary/aromatic N) is 1. The second kappa shape index (κ2) is 6.86. The zero-order valence-electron chi connectivity index (χ0n) is 14.3. The van der Waals surface area contributed by atoms with Crippen LogP contribution in [0.5, 0.6) is 0 Å². The van der Waals surface area contributed by atoms with Gasteiger partial charge in [-0.1, -0.05) is 29.8 Å². The first-order valence-corrected chi connectivity index (χ1v) is 10.1. The lowest BCUT2D eigenvalue weighted by Gasteiger charge is -2.20. The molecule has 1 aliphatic heterocycles. The van der Waals surface area contributed by atoms with Crippen LogP contribution < -0.4 is 0 Å². The predicted molar refractivity (Wildman–Crippen MR) is 109 cm³/mol. The standard InChI is InChI=1S/C21H18ClNO2S/c1-26-17-6-2-5-16-20(17)19(13-7-9-15(22)10-8-13)21-14(12-18(24)25)4-3-11-23(16)21/h2,5-10,12H,3-4,11H2,1H3,(H,24,25)/b14-12+. The van der Waals surface area contributed by atoms with Crippen LogP contribution in [-0.2, 0) is 11.3 Å². The quantitative estimate of drug-likeness (QED) is 0.449. The molecule has 2 heterocycles. The number of carboxylic acid groups (broad SMARTS) is 1. The largest absolute Gasteiger partial charge is 0.478 e. The topological polar surface area (TPSA) is 42.2 Å². The number of carboxylic acids is 1. The van der Waals surface area contributed by atoms with Crippen molar-refractivity contribution >= 4 is 45.8 Å². The molecule has 4 rings (SSSR count). The molecule has 0 spiro atoms. The Morgan fingerprint density at radius 3 is 2.69 bits per heavy atom. The molecule has 0 atom stereocenters. The van der Waals surface area contributed by atoms with E-state index in [1.807, 2.05) is 24.3 Å². The molecule has 0 saturated heterocycles. The fraction of sp³-hybridized carbons (Fsp3) is 0.190. The molecule has 2 aromatic carbocycles. The normalized spacial score (nSPS) is 15.4. The van der Waals surface area contributed by atoms with Crippen molar-refractivity contribution in [1.82, 2.24) is 4.57 Å². The Balaban J connectivity index is 2.13. The van der Waals surface area contributed by atoms with E-state index in [9.17, 15) is 9.90 Å². The van der Waals surface area contributed by atoms with Crippen molar-refractivity contribution < 1.29 is 9.90 Å². The number of aliphatic carboxylic acids is 1. The smallest absolute Gasteiger partial charge is 0.328 e. The molecule has 0 saturated carbocycles. The maximum absolute atomic E-state index is 11.4. The number of benzene rings is 2. The van der Waals surface area contributed by atoms with Crippen LogP contribution in [-0.4, -0.2) is 21.9 Å². The van der Waals surface area contributed by atoms with Crippen LogP contribution in [0.1, 0.15) is 18.5 Å². The van der Waals surface area contributed by atoms with Gasteiger partial charge < -0.3 is 9.67 Å². The van der Waals surface area contributed by atoms with Gasteiger partial charge in [0.1, 0.15) is 0 Å². The highest BCUT2D eigenvalue weighted by atomic mass is 35.5. The third kappa shape index (κ3) is 2.83. The summed E-state index contributed by atoms with van der Waals surface area (Å²) < 4.78 is 2.28. The zero-order valence-corrected chi connectivity index (χ0v) is 15.9. The van der Waals surface area contributed by atoms with Gasteiger partial charge in [0.25, 0.3) is 0 Å². The van der Waals surface area contributed by atoms with Crippen LogP contribution in [0, 0.1) is 0 Å². The third-order valence-corrected chi connectivity index (χ3v) is 5.87. The molecule has 0 aliphatic carbocycles. The molecule has 0 radical (unpaired) electrons. The first-order chi connectivity index (χ1) is 12.6. The SMILES string of the molecule is CSc1cccc2c1c(-c1ccc(Cl)cc1)c1n2CCC/C1=C\C(=O)O. The number of aromatic nitrogens is 1. The van der Waals surface area contributed by atoms with Crippen LogP contribution in [0.4, 0.5) is 0 Å². The molecule has 1 N–H and O–H groups in total. The number of allylic oxidation sites excluding steroid dienone is 1. The highest BCUT2D eigenvalue weighted by molar-refractivity contribution is 7.98. The Morgan fingerprint density at radius 1 is 1.23 bits per heavy atom. The molecule has 1 aromatic heterocycles. The summed E-state index contributed by atoms with van der Waals surface area (Å²) in [6.07, 6.45) is 5.16. The van der Waals surface area contributed by atoms with Crippen molar-refractivity contribution in [3.63, 3.8) is 0 Å². The van der Waals surface area contributed by atoms with Crippen LogP contribution in [0.3, 0.4) is 0 Å². The van der Waals surface area contributed by atoms with E-state index in [-0.39, 0.29) is 0 Å². The number of thioether (sulfide) groups is 1. The molecule has 0 bridgehead atoms. The lowest BCUT2D eigenvalue weighted by molar-refractivity contribution is -0.131. The van der Waals surface area contributed by atoms with Gasteiger partial charge in [0.15, 0.2) is 0 Å². The van der Waals surface area contributed by atoms with Crippen molar-refractivity contribution in [3.8, 4) is 11.1 Å². The lowest BCUT2D eigenvalue weighted by atomic mass is 9.94. The van der Waals surface area contributed by atoms with E-state index in [1.165, 1.54) is 16.4 Å². The van der Waals surface area contributed by atoms with E-state index < -0.39 is 5.97 Å². The average molecular weight is 384 g/mol. The van der Waals surface area contributed by atoms with Gasteiger partial charge in [0, 0.05) is 33.5 Å². The number of fused-ring (bicyclic) bond motifs is 3. The van der Waals surface area contributed by atoms with Gasteiger partial charge in [-0.25, -0.2) is 4.79 Å². The van der Waals surface area contributed by atoms with Crippen molar-refractivity contribution in [3.05, 3.63) is 59.3 Å². The average Bonchev–Trinajstić information content (AvgIpc) is 2.98. The molecule has 132 valence electrons. The third-order valence-electron chi connectivity index (χ3n) is 4.83. The number of rotatable bonds is 3. The lowest BCUT2D eigenvalue weighted by Crippen LogP contribution is -2.10. The Hall–Kier alpha value is -2.17. The molecule has 26 heavy (non-hydrogen) atoms. The van der Waals surface area contributed by atoms with Gasteiger partial charge in [-0.3, -0.25) is 0 Å². The molecular formula is C21H18ClNO2S. The molecule has 0 unspecified atom stereocenters. The van der Waals surface area contributed by atoms with E-state index in [0.29, 0.717) is 5.02 Å². The van der Waals surface area contributed by atoms with Gasteiger partial charge in [-0.2, -0.15) is 0 Å². The Morgan fingerprint density at radius 2 is 2.00 bits per heavy atom. The Labute approximate surface area is 161 Å². The minimum absolute atomic E-state index is 0.692. The van der Waals surface area contributed by atoms with Gasteiger partial charge >= 0.3 is 5.97 Å². The molecule has 3 nitrogen and oxygen atoms in total. The summed E-state index contributed by atoms with van der Waals surface area (Å²) in [6, 6.07) is 14.1. The van der Waals surface area contributed by atoms with E-state index in [0.717, 1.165) is 47.3 Å². The molecule has 3 aromatic rings. The summed E-state index contributed by atoms with van der Waals surface area (Å²) >= 11 is 7.81. The second-order valence-electron chi connectivity index (χ2n) is 6.35. The molecular weight excluding hydrogens is 366 g/mol. The monoisotopic (exact) mass is 383 g/mol. The van der Waals surface area contributed by atoms with Crippen LogP contribution in [0.15, 0.2) is 53.4 Å². The van der Waals surface area contributed by atoms with Crippen molar-refractivity contribution in [2.24, 2.45) is 0 Å². The Bertz CT molecular complexity index is 1030. The number of hydrogen-bond acceptors (Lipinski definition) is 2. The molecule has 1 aliphatic rings. The van der Waals surface area contributed by atoms with E-state index in [2.05, 4.69) is 29.0 Å². The highest BCUT2D eigenvalue weighted by Crippen LogP contribution is 2.45. The van der Waals surface area contributed by atoms with Gasteiger partial charge in [0.2, 0.25) is 0 Å². The first-order valence-electron chi connectivity index (χ1n) is 8.49. The van der Waals surface area contributed by atoms with Crippen LogP contribution >= 0.6 is 23.4 Å². The molecule has 5 heteroatoms. The van der Waals surface area contributed by atoms with Crippen molar-refractivity contribution in [2.75, 3.05) is 6.26 Å².